The summed E-state index contributed by atoms with van der Waals surface area (Å²) in [6.45, 7) is 8.35. The van der Waals surface area contributed by atoms with E-state index in [-0.39, 0.29) is 17.9 Å². The van der Waals surface area contributed by atoms with Crippen molar-refractivity contribution in [1.29, 1.82) is 0 Å². The van der Waals surface area contributed by atoms with Gasteiger partial charge in [-0.15, -0.1) is 17.9 Å². The second-order valence-electron chi connectivity index (χ2n) is 6.82. The van der Waals surface area contributed by atoms with Gasteiger partial charge in [0.25, 0.3) is 5.56 Å². The molecule has 5 nitrogen and oxygen atoms in total. The predicted molar refractivity (Wildman–Crippen MR) is 104 cm³/mol. The van der Waals surface area contributed by atoms with E-state index in [0.29, 0.717) is 12.1 Å². The number of ketones is 1. The summed E-state index contributed by atoms with van der Waals surface area (Å²) in [5.41, 5.74) is 3.64. The van der Waals surface area contributed by atoms with Gasteiger partial charge in [0.15, 0.2) is 5.78 Å². The van der Waals surface area contributed by atoms with Crippen LogP contribution in [0, 0.1) is 13.8 Å². The molecule has 3 heterocycles. The summed E-state index contributed by atoms with van der Waals surface area (Å²) in [5, 5.41) is 0.718. The first kappa shape index (κ1) is 17.0. The highest BCUT2D eigenvalue weighted by Gasteiger charge is 2.22. The van der Waals surface area contributed by atoms with E-state index in [2.05, 4.69) is 16.1 Å². The van der Waals surface area contributed by atoms with Gasteiger partial charge < -0.3 is 4.57 Å². The SMILES string of the molecule is C=CCn1c(C)cc(C(=O)Cn2cnc3sc4c(c3c2=O)CCC4)c1C. The molecule has 0 unspecified atom stereocenters. The van der Waals surface area contributed by atoms with Crippen LogP contribution >= 0.6 is 11.3 Å². The first-order valence-corrected chi connectivity index (χ1v) is 9.63. The molecular weight excluding hydrogens is 346 g/mol. The molecule has 26 heavy (non-hydrogen) atoms. The first-order valence-electron chi connectivity index (χ1n) is 8.81. The summed E-state index contributed by atoms with van der Waals surface area (Å²) in [4.78, 5) is 32.3. The minimum absolute atomic E-state index is 0.0186. The van der Waals surface area contributed by atoms with Crippen molar-refractivity contribution < 1.29 is 4.79 Å². The van der Waals surface area contributed by atoms with Gasteiger partial charge in [0.05, 0.1) is 18.3 Å². The van der Waals surface area contributed by atoms with Crippen LogP contribution in [-0.2, 0) is 25.9 Å². The zero-order valence-electron chi connectivity index (χ0n) is 15.0. The maximum absolute atomic E-state index is 12.9. The number of fused-ring (bicyclic) bond motifs is 3. The molecule has 6 heteroatoms. The van der Waals surface area contributed by atoms with Gasteiger partial charge in [-0.05, 0) is 44.7 Å². The number of allylic oxidation sites excluding steroid dienone is 1. The van der Waals surface area contributed by atoms with Gasteiger partial charge in [-0.25, -0.2) is 4.98 Å². The minimum Gasteiger partial charge on any atom is -0.345 e. The molecule has 1 aliphatic carbocycles. The van der Waals surface area contributed by atoms with Gasteiger partial charge in [-0.1, -0.05) is 6.08 Å². The maximum atomic E-state index is 12.9. The van der Waals surface area contributed by atoms with Crippen LogP contribution in [0.2, 0.25) is 0 Å². The third-order valence-electron chi connectivity index (χ3n) is 5.19. The van der Waals surface area contributed by atoms with Crippen molar-refractivity contribution in [2.24, 2.45) is 0 Å². The molecule has 0 atom stereocenters. The molecule has 3 aromatic heterocycles. The number of hydrogen-bond acceptors (Lipinski definition) is 4. The Morgan fingerprint density at radius 2 is 2.19 bits per heavy atom. The van der Waals surface area contributed by atoms with E-state index in [0.717, 1.165) is 46.4 Å². The van der Waals surface area contributed by atoms with Crippen molar-refractivity contribution >= 4 is 27.3 Å². The van der Waals surface area contributed by atoms with Crippen molar-refractivity contribution in [2.75, 3.05) is 0 Å². The Balaban J connectivity index is 1.71. The third-order valence-corrected chi connectivity index (χ3v) is 6.39. The lowest BCUT2D eigenvalue weighted by molar-refractivity contribution is 0.0970. The number of aromatic nitrogens is 3. The molecule has 134 valence electrons. The monoisotopic (exact) mass is 367 g/mol. The van der Waals surface area contributed by atoms with Gasteiger partial charge >= 0.3 is 0 Å². The Bertz CT molecular complexity index is 1100. The Labute approximate surface area is 155 Å². The summed E-state index contributed by atoms with van der Waals surface area (Å²) in [6, 6.07) is 1.89. The van der Waals surface area contributed by atoms with Crippen LogP contribution in [0.25, 0.3) is 10.2 Å². The molecule has 0 radical (unpaired) electrons. The van der Waals surface area contributed by atoms with Crippen molar-refractivity contribution in [3.05, 3.63) is 62.8 Å². The lowest BCUT2D eigenvalue weighted by atomic mass is 10.1. The zero-order chi connectivity index (χ0) is 18.4. The molecule has 0 aliphatic heterocycles. The van der Waals surface area contributed by atoms with Crippen LogP contribution in [0.3, 0.4) is 0 Å². The van der Waals surface area contributed by atoms with E-state index in [1.165, 1.54) is 15.8 Å². The highest BCUT2D eigenvalue weighted by molar-refractivity contribution is 7.18. The highest BCUT2D eigenvalue weighted by Crippen LogP contribution is 2.34. The summed E-state index contributed by atoms with van der Waals surface area (Å²) in [7, 11) is 0. The average Bonchev–Trinajstić information content (AvgIpc) is 3.26. The van der Waals surface area contributed by atoms with E-state index in [9.17, 15) is 9.59 Å². The summed E-state index contributed by atoms with van der Waals surface area (Å²) in [6.07, 6.45) is 6.39. The molecule has 0 saturated carbocycles. The van der Waals surface area contributed by atoms with Crippen LogP contribution in [-0.4, -0.2) is 19.9 Å². The van der Waals surface area contributed by atoms with Gasteiger partial charge in [-0.3, -0.25) is 14.2 Å². The van der Waals surface area contributed by atoms with Crippen molar-refractivity contribution in [1.82, 2.24) is 14.1 Å². The molecule has 0 spiro atoms. The molecule has 3 aromatic rings. The number of hydrogen-bond donors (Lipinski definition) is 0. The second kappa shape index (κ2) is 6.36. The van der Waals surface area contributed by atoms with Crippen LogP contribution in [0.15, 0.2) is 29.8 Å². The highest BCUT2D eigenvalue weighted by atomic mass is 32.1. The topological polar surface area (TPSA) is 56.9 Å². The smallest absolute Gasteiger partial charge is 0.262 e. The number of Topliss-reactive ketones (excluding diaryl/α,β-unsaturated/α-hetero) is 1. The van der Waals surface area contributed by atoms with Gasteiger partial charge in [0.1, 0.15) is 4.83 Å². The molecule has 0 amide bonds. The fraction of sp³-hybridized carbons (Fsp3) is 0.350. The molecule has 0 N–H and O–H groups in total. The van der Waals surface area contributed by atoms with Crippen molar-refractivity contribution in [2.45, 2.75) is 46.2 Å². The van der Waals surface area contributed by atoms with Crippen LogP contribution in [0.1, 0.15) is 38.6 Å². The Hall–Kier alpha value is -2.47. The average molecular weight is 367 g/mol. The van der Waals surface area contributed by atoms with E-state index in [4.69, 9.17) is 0 Å². The Kier molecular flexibility index (Phi) is 4.15. The number of thiophene rings is 1. The zero-order valence-corrected chi connectivity index (χ0v) is 15.9. The van der Waals surface area contributed by atoms with Gasteiger partial charge in [-0.2, -0.15) is 0 Å². The summed E-state index contributed by atoms with van der Waals surface area (Å²) in [5.74, 6) is -0.0662. The fourth-order valence-electron chi connectivity index (χ4n) is 3.87. The number of nitrogens with zero attached hydrogens (tertiary/aromatic N) is 3. The lowest BCUT2D eigenvalue weighted by Crippen LogP contribution is -2.25. The molecular formula is C20H21N3O2S. The van der Waals surface area contributed by atoms with E-state index in [1.54, 1.807) is 11.3 Å². The largest absolute Gasteiger partial charge is 0.345 e. The van der Waals surface area contributed by atoms with Crippen molar-refractivity contribution in [3.63, 3.8) is 0 Å². The van der Waals surface area contributed by atoms with Crippen LogP contribution in [0.5, 0.6) is 0 Å². The molecule has 1 aliphatic rings. The Morgan fingerprint density at radius 1 is 1.38 bits per heavy atom. The molecule has 0 saturated heterocycles. The standard InChI is InChI=1S/C20H21N3O2S/c1-4-8-23-12(2)9-15(13(23)3)16(24)10-22-11-21-19-18(20(22)25)14-6-5-7-17(14)26-19/h4,9,11H,1,5-8,10H2,2-3H3. The molecule has 4 rings (SSSR count). The normalized spacial score (nSPS) is 13.3. The molecule has 0 bridgehead atoms. The third kappa shape index (κ3) is 2.56. The van der Waals surface area contributed by atoms with Crippen LogP contribution in [0.4, 0.5) is 0 Å². The number of carbonyl (C=O) groups excluding carboxylic acids is 1. The van der Waals surface area contributed by atoms with Gasteiger partial charge in [0.2, 0.25) is 0 Å². The van der Waals surface area contributed by atoms with Crippen molar-refractivity contribution in [3.8, 4) is 0 Å². The minimum atomic E-state index is -0.0948. The van der Waals surface area contributed by atoms with E-state index in [1.807, 2.05) is 26.0 Å². The van der Waals surface area contributed by atoms with E-state index < -0.39 is 0 Å². The van der Waals surface area contributed by atoms with E-state index >= 15 is 0 Å². The second-order valence-corrected chi connectivity index (χ2v) is 7.91. The number of carbonyl (C=O) groups is 1. The van der Waals surface area contributed by atoms with Gasteiger partial charge in [0, 0.05) is 28.4 Å². The maximum Gasteiger partial charge on any atom is 0.262 e. The fourth-order valence-corrected chi connectivity index (χ4v) is 5.09. The first-order chi connectivity index (χ1) is 12.5. The summed E-state index contributed by atoms with van der Waals surface area (Å²) >= 11 is 1.62. The molecule has 0 aromatic carbocycles. The predicted octanol–water partition coefficient (Wildman–Crippen LogP) is 3.43. The molecule has 0 fully saturated rings. The Morgan fingerprint density at radius 3 is 2.96 bits per heavy atom. The lowest BCUT2D eigenvalue weighted by Gasteiger charge is -2.07. The number of aryl methyl sites for hydroxylation is 3. The number of rotatable bonds is 5. The quantitative estimate of drug-likeness (QED) is 0.513. The summed E-state index contributed by atoms with van der Waals surface area (Å²) < 4.78 is 3.51. The van der Waals surface area contributed by atoms with Crippen LogP contribution < -0.4 is 5.56 Å².